The van der Waals surface area contributed by atoms with Gasteiger partial charge in [0.25, 0.3) is 0 Å². The number of carbonyl (C=O) groups excluding carboxylic acids is 1. The van der Waals surface area contributed by atoms with E-state index in [-0.39, 0.29) is 11.4 Å². The second-order valence-electron chi connectivity index (χ2n) is 1.93. The molecule has 0 aliphatic heterocycles. The van der Waals surface area contributed by atoms with Gasteiger partial charge in [0.2, 0.25) is 0 Å². The van der Waals surface area contributed by atoms with Gasteiger partial charge < -0.3 is 0 Å². The Kier molecular flexibility index (Phi) is 1.78. The first kappa shape index (κ1) is 6.20. The molecule has 0 saturated heterocycles. The lowest BCUT2D eigenvalue weighted by molar-refractivity contribution is -0.105. The van der Waals surface area contributed by atoms with E-state index in [1.807, 2.05) is 0 Å². The molecule has 0 N–H and O–H groups in total. The minimum atomic E-state index is -0.378. The normalized spacial score (nSPS) is 18.3. The summed E-state index contributed by atoms with van der Waals surface area (Å²) in [5, 5.41) is 0. The van der Waals surface area contributed by atoms with Crippen LogP contribution in [-0.2, 0) is 4.79 Å². The minimum absolute atomic E-state index is 0.289. The average molecular weight is 126 g/mol. The van der Waals surface area contributed by atoms with Crippen LogP contribution in [0.2, 0.25) is 0 Å². The molecule has 9 heavy (non-hydrogen) atoms. The van der Waals surface area contributed by atoms with Crippen molar-refractivity contribution in [3.63, 3.8) is 0 Å². The summed E-state index contributed by atoms with van der Waals surface area (Å²) in [6.07, 6.45) is 4.97. The van der Waals surface area contributed by atoms with Crippen LogP contribution in [0.3, 0.4) is 0 Å². The molecule has 2 heteroatoms. The van der Waals surface area contributed by atoms with E-state index >= 15 is 0 Å². The maximum Gasteiger partial charge on any atom is 0.148 e. The maximum atomic E-state index is 12.4. The molecule has 1 aliphatic carbocycles. The maximum absolute atomic E-state index is 12.4. The Bertz CT molecular complexity index is 179. The van der Waals surface area contributed by atoms with Gasteiger partial charge in [-0.15, -0.1) is 0 Å². The molecule has 0 aromatic carbocycles. The summed E-state index contributed by atoms with van der Waals surface area (Å²) in [5.41, 5.74) is 0.289. The Morgan fingerprint density at radius 3 is 2.89 bits per heavy atom. The van der Waals surface area contributed by atoms with E-state index in [2.05, 4.69) is 0 Å². The van der Waals surface area contributed by atoms with Crippen molar-refractivity contribution in [2.45, 2.75) is 12.8 Å². The number of hydrogen-bond acceptors (Lipinski definition) is 1. The summed E-state index contributed by atoms with van der Waals surface area (Å²) < 4.78 is 12.4. The zero-order valence-corrected chi connectivity index (χ0v) is 4.93. The standard InChI is InChI=1S/C7H7FO/c8-7-4-2-1-3-6(7)5-9/h2,4-5H,1,3H2. The second-order valence-corrected chi connectivity index (χ2v) is 1.93. The molecule has 0 saturated carbocycles. The fourth-order valence-electron chi connectivity index (χ4n) is 0.767. The Morgan fingerprint density at radius 2 is 2.44 bits per heavy atom. The topological polar surface area (TPSA) is 17.1 Å². The third-order valence-corrected chi connectivity index (χ3v) is 1.29. The van der Waals surface area contributed by atoms with Crippen LogP contribution >= 0.6 is 0 Å². The molecule has 1 aliphatic rings. The van der Waals surface area contributed by atoms with Crippen LogP contribution < -0.4 is 0 Å². The van der Waals surface area contributed by atoms with E-state index in [4.69, 9.17) is 0 Å². The lowest BCUT2D eigenvalue weighted by Gasteiger charge is -2.01. The van der Waals surface area contributed by atoms with Gasteiger partial charge >= 0.3 is 0 Å². The van der Waals surface area contributed by atoms with Crippen molar-refractivity contribution < 1.29 is 9.18 Å². The van der Waals surface area contributed by atoms with Gasteiger partial charge in [0, 0.05) is 5.57 Å². The van der Waals surface area contributed by atoms with Crippen LogP contribution in [0.4, 0.5) is 4.39 Å². The van der Waals surface area contributed by atoms with Crippen molar-refractivity contribution in [2.75, 3.05) is 0 Å². The van der Waals surface area contributed by atoms with Gasteiger partial charge in [-0.2, -0.15) is 0 Å². The van der Waals surface area contributed by atoms with Crippen LogP contribution in [0, 0.1) is 0 Å². The highest BCUT2D eigenvalue weighted by Gasteiger charge is 2.04. The Balaban J connectivity index is 2.84. The first-order valence-corrected chi connectivity index (χ1v) is 2.85. The highest BCUT2D eigenvalue weighted by molar-refractivity contribution is 5.75. The second kappa shape index (κ2) is 2.58. The van der Waals surface area contributed by atoms with E-state index < -0.39 is 0 Å². The molecule has 0 spiro atoms. The molecule has 0 fully saturated rings. The highest BCUT2D eigenvalue weighted by Crippen LogP contribution is 2.17. The third kappa shape index (κ3) is 1.25. The average Bonchev–Trinajstić information content (AvgIpc) is 1.89. The zero-order valence-electron chi connectivity index (χ0n) is 4.93. The van der Waals surface area contributed by atoms with Crippen molar-refractivity contribution in [2.24, 2.45) is 0 Å². The molecule has 1 rings (SSSR count). The molecule has 0 aromatic rings. The van der Waals surface area contributed by atoms with Gasteiger partial charge in [0.05, 0.1) is 0 Å². The predicted octanol–water partition coefficient (Wildman–Crippen LogP) is 1.76. The first-order chi connectivity index (χ1) is 4.34. The van der Waals surface area contributed by atoms with E-state index in [1.54, 1.807) is 6.08 Å². The molecule has 1 nitrogen and oxygen atoms in total. The molecule has 0 unspecified atom stereocenters. The van der Waals surface area contributed by atoms with Crippen molar-refractivity contribution in [1.29, 1.82) is 0 Å². The van der Waals surface area contributed by atoms with Crippen molar-refractivity contribution >= 4 is 6.29 Å². The molecule has 48 valence electrons. The van der Waals surface area contributed by atoms with Crippen LogP contribution in [-0.4, -0.2) is 6.29 Å². The summed E-state index contributed by atoms with van der Waals surface area (Å²) in [6, 6.07) is 0. The lowest BCUT2D eigenvalue weighted by Crippen LogP contribution is -1.91. The lowest BCUT2D eigenvalue weighted by atomic mass is 10.1. The molecule has 0 atom stereocenters. The quantitative estimate of drug-likeness (QED) is 0.489. The third-order valence-electron chi connectivity index (χ3n) is 1.29. The smallest absolute Gasteiger partial charge is 0.148 e. The van der Waals surface area contributed by atoms with Gasteiger partial charge in [0.15, 0.2) is 0 Å². The van der Waals surface area contributed by atoms with E-state index in [0.717, 1.165) is 6.42 Å². The summed E-state index contributed by atoms with van der Waals surface area (Å²) in [6.45, 7) is 0. The fourth-order valence-corrected chi connectivity index (χ4v) is 0.767. The van der Waals surface area contributed by atoms with E-state index in [9.17, 15) is 9.18 Å². The minimum Gasteiger partial charge on any atom is -0.298 e. The Morgan fingerprint density at radius 1 is 1.67 bits per heavy atom. The number of carbonyl (C=O) groups is 1. The first-order valence-electron chi connectivity index (χ1n) is 2.85. The summed E-state index contributed by atoms with van der Waals surface area (Å²) in [5.74, 6) is -0.378. The predicted molar refractivity (Wildman–Crippen MR) is 32.6 cm³/mol. The summed E-state index contributed by atoms with van der Waals surface area (Å²) >= 11 is 0. The molecule has 0 radical (unpaired) electrons. The number of rotatable bonds is 1. The van der Waals surface area contributed by atoms with Gasteiger partial charge in [-0.25, -0.2) is 4.39 Å². The Labute approximate surface area is 52.9 Å². The monoisotopic (exact) mass is 126 g/mol. The fraction of sp³-hybridized carbons (Fsp3) is 0.286. The molecule has 0 heterocycles. The molecular weight excluding hydrogens is 119 g/mol. The zero-order chi connectivity index (χ0) is 6.69. The molecule has 0 bridgehead atoms. The van der Waals surface area contributed by atoms with Crippen molar-refractivity contribution in [3.05, 3.63) is 23.6 Å². The van der Waals surface area contributed by atoms with Gasteiger partial charge in [-0.1, -0.05) is 6.08 Å². The highest BCUT2D eigenvalue weighted by atomic mass is 19.1. The van der Waals surface area contributed by atoms with Gasteiger partial charge in [-0.3, -0.25) is 4.79 Å². The SMILES string of the molecule is O=CC1=C(F)C=CCC1. The number of aldehydes is 1. The molecule has 0 amide bonds. The Hall–Kier alpha value is -0.920. The molecular formula is C7H7FO. The van der Waals surface area contributed by atoms with Crippen LogP contribution in [0.15, 0.2) is 23.6 Å². The number of halogens is 1. The number of allylic oxidation sites excluding steroid dienone is 4. The summed E-state index contributed by atoms with van der Waals surface area (Å²) in [7, 11) is 0. The largest absolute Gasteiger partial charge is 0.298 e. The van der Waals surface area contributed by atoms with Gasteiger partial charge in [0.1, 0.15) is 12.1 Å². The van der Waals surface area contributed by atoms with Gasteiger partial charge in [-0.05, 0) is 18.9 Å². The summed E-state index contributed by atoms with van der Waals surface area (Å²) in [4.78, 5) is 10.0. The molecule has 0 aromatic heterocycles. The van der Waals surface area contributed by atoms with Crippen molar-refractivity contribution in [1.82, 2.24) is 0 Å². The van der Waals surface area contributed by atoms with Crippen LogP contribution in [0.5, 0.6) is 0 Å². The number of hydrogen-bond donors (Lipinski definition) is 0. The van der Waals surface area contributed by atoms with Crippen molar-refractivity contribution in [3.8, 4) is 0 Å². The van der Waals surface area contributed by atoms with Crippen LogP contribution in [0.1, 0.15) is 12.8 Å². The van der Waals surface area contributed by atoms with Crippen LogP contribution in [0.25, 0.3) is 0 Å². The van der Waals surface area contributed by atoms with E-state index in [0.29, 0.717) is 12.7 Å². The van der Waals surface area contributed by atoms with E-state index in [1.165, 1.54) is 6.08 Å².